The summed E-state index contributed by atoms with van der Waals surface area (Å²) in [5, 5.41) is 11.8. The Morgan fingerprint density at radius 2 is 2.00 bits per heavy atom. The summed E-state index contributed by atoms with van der Waals surface area (Å²) >= 11 is 0. The molecule has 0 aromatic heterocycles. The minimum Gasteiger partial charge on any atom is -0.302 e. The quantitative estimate of drug-likeness (QED) is 0.549. The standard InChI is InChI=1S/C8H14N2/c9-7-8-5-3-1-2-4-6-10-8/h8,10H,1-6H2. The van der Waals surface area contributed by atoms with Crippen LogP contribution < -0.4 is 5.32 Å². The van der Waals surface area contributed by atoms with E-state index in [4.69, 9.17) is 5.26 Å². The number of hydrogen-bond donors (Lipinski definition) is 1. The van der Waals surface area contributed by atoms with Crippen LogP contribution in [0.1, 0.15) is 32.1 Å². The first kappa shape index (κ1) is 7.56. The third kappa shape index (κ3) is 2.36. The van der Waals surface area contributed by atoms with Crippen molar-refractivity contribution in [3.8, 4) is 6.07 Å². The van der Waals surface area contributed by atoms with Crippen molar-refractivity contribution in [3.63, 3.8) is 0 Å². The first-order chi connectivity index (χ1) is 4.93. The minimum absolute atomic E-state index is 0.125. The van der Waals surface area contributed by atoms with Crippen LogP contribution in [-0.2, 0) is 0 Å². The van der Waals surface area contributed by atoms with Crippen molar-refractivity contribution in [1.82, 2.24) is 5.32 Å². The van der Waals surface area contributed by atoms with Gasteiger partial charge in [-0.1, -0.05) is 19.3 Å². The van der Waals surface area contributed by atoms with Crippen LogP contribution in [0.5, 0.6) is 0 Å². The largest absolute Gasteiger partial charge is 0.302 e. The molecule has 1 fully saturated rings. The maximum absolute atomic E-state index is 8.60. The normalized spacial score (nSPS) is 28.1. The van der Waals surface area contributed by atoms with E-state index in [2.05, 4.69) is 11.4 Å². The molecule has 1 saturated heterocycles. The Bertz CT molecular complexity index is 118. The molecular formula is C8H14N2. The summed E-state index contributed by atoms with van der Waals surface area (Å²) in [6.07, 6.45) is 6.12. The molecule has 10 heavy (non-hydrogen) atoms. The van der Waals surface area contributed by atoms with Crippen molar-refractivity contribution >= 4 is 0 Å². The van der Waals surface area contributed by atoms with Crippen molar-refractivity contribution in [3.05, 3.63) is 0 Å². The molecule has 0 aromatic rings. The number of nitriles is 1. The van der Waals surface area contributed by atoms with Crippen molar-refractivity contribution < 1.29 is 0 Å². The average molecular weight is 138 g/mol. The molecule has 0 spiro atoms. The molecule has 2 nitrogen and oxygen atoms in total. The van der Waals surface area contributed by atoms with Crippen molar-refractivity contribution in [2.45, 2.75) is 38.1 Å². The molecule has 1 aliphatic rings. The Kier molecular flexibility index (Phi) is 3.25. The van der Waals surface area contributed by atoms with Gasteiger partial charge in [-0.05, 0) is 19.4 Å². The zero-order valence-corrected chi connectivity index (χ0v) is 6.27. The molecule has 1 unspecified atom stereocenters. The third-order valence-electron chi connectivity index (χ3n) is 1.97. The van der Waals surface area contributed by atoms with Crippen molar-refractivity contribution in [1.29, 1.82) is 5.26 Å². The van der Waals surface area contributed by atoms with Gasteiger partial charge in [0.05, 0.1) is 12.1 Å². The van der Waals surface area contributed by atoms with Gasteiger partial charge in [0.1, 0.15) is 0 Å². The van der Waals surface area contributed by atoms with Crippen LogP contribution in [0.3, 0.4) is 0 Å². The fourth-order valence-electron chi connectivity index (χ4n) is 1.32. The highest BCUT2D eigenvalue weighted by Gasteiger charge is 2.07. The lowest BCUT2D eigenvalue weighted by atomic mass is 10.1. The predicted octanol–water partition coefficient (Wildman–Crippen LogP) is 1.43. The van der Waals surface area contributed by atoms with Crippen LogP contribution in [0, 0.1) is 11.3 Å². The van der Waals surface area contributed by atoms with Crippen molar-refractivity contribution in [2.24, 2.45) is 0 Å². The fraction of sp³-hybridized carbons (Fsp3) is 0.875. The van der Waals surface area contributed by atoms with Gasteiger partial charge in [0.2, 0.25) is 0 Å². The second-order valence-electron chi connectivity index (χ2n) is 2.84. The molecule has 2 heteroatoms. The molecule has 56 valence electrons. The summed E-state index contributed by atoms with van der Waals surface area (Å²) in [6, 6.07) is 2.39. The molecule has 1 heterocycles. The maximum atomic E-state index is 8.60. The Balaban J connectivity index is 2.24. The molecule has 1 atom stereocenters. The second kappa shape index (κ2) is 4.29. The van der Waals surface area contributed by atoms with E-state index >= 15 is 0 Å². The molecule has 1 rings (SSSR count). The highest BCUT2D eigenvalue weighted by Crippen LogP contribution is 2.08. The molecule has 0 aliphatic carbocycles. The Morgan fingerprint density at radius 1 is 1.20 bits per heavy atom. The molecule has 0 aromatic carbocycles. The van der Waals surface area contributed by atoms with Gasteiger partial charge < -0.3 is 5.32 Å². The summed E-state index contributed by atoms with van der Waals surface area (Å²) in [5.74, 6) is 0. The monoisotopic (exact) mass is 138 g/mol. The Hall–Kier alpha value is -0.550. The molecule has 0 amide bonds. The van der Waals surface area contributed by atoms with Crippen LogP contribution in [0.2, 0.25) is 0 Å². The van der Waals surface area contributed by atoms with Crippen LogP contribution in [0.25, 0.3) is 0 Å². The summed E-state index contributed by atoms with van der Waals surface area (Å²) in [5.41, 5.74) is 0. The fourth-order valence-corrected chi connectivity index (χ4v) is 1.32. The summed E-state index contributed by atoms with van der Waals surface area (Å²) in [6.45, 7) is 1.03. The van der Waals surface area contributed by atoms with E-state index in [1.54, 1.807) is 0 Å². The number of rotatable bonds is 0. The summed E-state index contributed by atoms with van der Waals surface area (Å²) < 4.78 is 0. The minimum atomic E-state index is 0.125. The topological polar surface area (TPSA) is 35.8 Å². The number of hydrogen-bond acceptors (Lipinski definition) is 2. The van der Waals surface area contributed by atoms with Gasteiger partial charge in [0, 0.05) is 0 Å². The van der Waals surface area contributed by atoms with Gasteiger partial charge in [-0.15, -0.1) is 0 Å². The number of nitrogens with one attached hydrogen (secondary N) is 1. The maximum Gasteiger partial charge on any atom is 0.0952 e. The highest BCUT2D eigenvalue weighted by atomic mass is 14.9. The molecular weight excluding hydrogens is 124 g/mol. The lowest BCUT2D eigenvalue weighted by molar-refractivity contribution is 0.469. The van der Waals surface area contributed by atoms with E-state index in [-0.39, 0.29) is 6.04 Å². The van der Waals surface area contributed by atoms with Gasteiger partial charge in [-0.3, -0.25) is 0 Å². The first-order valence-electron chi connectivity index (χ1n) is 4.06. The van der Waals surface area contributed by atoms with E-state index in [0.29, 0.717) is 0 Å². The Morgan fingerprint density at radius 3 is 2.80 bits per heavy atom. The van der Waals surface area contributed by atoms with E-state index in [1.165, 1.54) is 25.7 Å². The van der Waals surface area contributed by atoms with Gasteiger partial charge in [0.15, 0.2) is 0 Å². The molecule has 0 radical (unpaired) electrons. The predicted molar refractivity (Wildman–Crippen MR) is 40.5 cm³/mol. The van der Waals surface area contributed by atoms with Crippen LogP contribution in [-0.4, -0.2) is 12.6 Å². The highest BCUT2D eigenvalue weighted by molar-refractivity contribution is 4.89. The van der Waals surface area contributed by atoms with Crippen molar-refractivity contribution in [2.75, 3.05) is 6.54 Å². The lowest BCUT2D eigenvalue weighted by Gasteiger charge is -2.14. The van der Waals surface area contributed by atoms with Gasteiger partial charge in [-0.25, -0.2) is 0 Å². The van der Waals surface area contributed by atoms with Gasteiger partial charge >= 0.3 is 0 Å². The van der Waals surface area contributed by atoms with Gasteiger partial charge in [0.25, 0.3) is 0 Å². The van der Waals surface area contributed by atoms with E-state index in [9.17, 15) is 0 Å². The molecule has 1 aliphatic heterocycles. The van der Waals surface area contributed by atoms with E-state index < -0.39 is 0 Å². The molecule has 0 bridgehead atoms. The molecule has 0 saturated carbocycles. The zero-order chi connectivity index (χ0) is 7.23. The lowest BCUT2D eigenvalue weighted by Crippen LogP contribution is -2.29. The van der Waals surface area contributed by atoms with Crippen LogP contribution in [0.4, 0.5) is 0 Å². The summed E-state index contributed by atoms with van der Waals surface area (Å²) in [7, 11) is 0. The smallest absolute Gasteiger partial charge is 0.0952 e. The first-order valence-corrected chi connectivity index (χ1v) is 4.06. The van der Waals surface area contributed by atoms with Crippen LogP contribution in [0.15, 0.2) is 0 Å². The van der Waals surface area contributed by atoms with E-state index in [0.717, 1.165) is 13.0 Å². The van der Waals surface area contributed by atoms with E-state index in [1.807, 2.05) is 0 Å². The summed E-state index contributed by atoms with van der Waals surface area (Å²) in [4.78, 5) is 0. The zero-order valence-electron chi connectivity index (χ0n) is 6.27. The molecule has 1 N–H and O–H groups in total. The third-order valence-corrected chi connectivity index (χ3v) is 1.97. The Labute approximate surface area is 62.2 Å². The van der Waals surface area contributed by atoms with Gasteiger partial charge in [-0.2, -0.15) is 5.26 Å². The average Bonchev–Trinajstić information content (AvgIpc) is 1.87. The van der Waals surface area contributed by atoms with Crippen LogP contribution >= 0.6 is 0 Å². The second-order valence-corrected chi connectivity index (χ2v) is 2.84. The number of nitrogens with zero attached hydrogens (tertiary/aromatic N) is 1. The SMILES string of the molecule is N#CC1CCCCCCN1.